The molecule has 0 bridgehead atoms. The molecular formula is C25H23F3N2O2. The van der Waals surface area contributed by atoms with Crippen molar-refractivity contribution in [2.75, 3.05) is 6.54 Å². The SMILES string of the molecule is O=C(NCCC(=O)N(Cc1ccc(C(F)(F)F)cc1)C1CC1)c1ccc2ccccc2c1. The molecule has 32 heavy (non-hydrogen) atoms. The lowest BCUT2D eigenvalue weighted by atomic mass is 10.1. The highest BCUT2D eigenvalue weighted by Gasteiger charge is 2.33. The molecule has 1 fully saturated rings. The van der Waals surface area contributed by atoms with Crippen molar-refractivity contribution in [3.05, 3.63) is 83.4 Å². The third kappa shape index (κ3) is 5.28. The number of halogens is 3. The predicted octanol–water partition coefficient (Wildman–Crippen LogP) is 5.17. The molecule has 0 unspecified atom stereocenters. The molecule has 0 spiro atoms. The van der Waals surface area contributed by atoms with Crippen molar-refractivity contribution >= 4 is 22.6 Å². The number of hydrogen-bond donors (Lipinski definition) is 1. The summed E-state index contributed by atoms with van der Waals surface area (Å²) < 4.78 is 38.3. The number of carbonyl (C=O) groups excluding carboxylic acids is 2. The van der Waals surface area contributed by atoms with Crippen LogP contribution >= 0.6 is 0 Å². The molecule has 0 atom stereocenters. The van der Waals surface area contributed by atoms with Crippen molar-refractivity contribution in [1.82, 2.24) is 10.2 Å². The van der Waals surface area contributed by atoms with E-state index in [0.29, 0.717) is 11.1 Å². The third-order valence-electron chi connectivity index (χ3n) is 5.58. The Bertz CT molecular complexity index is 1120. The second-order valence-electron chi connectivity index (χ2n) is 8.02. The van der Waals surface area contributed by atoms with Gasteiger partial charge >= 0.3 is 6.18 Å². The van der Waals surface area contributed by atoms with Crippen LogP contribution in [-0.4, -0.2) is 29.3 Å². The van der Waals surface area contributed by atoms with Crippen LogP contribution in [0.3, 0.4) is 0 Å². The summed E-state index contributed by atoms with van der Waals surface area (Å²) in [5, 5.41) is 4.79. The summed E-state index contributed by atoms with van der Waals surface area (Å²) in [6, 6.07) is 18.2. The van der Waals surface area contributed by atoms with Gasteiger partial charge < -0.3 is 10.2 Å². The molecule has 0 aromatic heterocycles. The van der Waals surface area contributed by atoms with Gasteiger partial charge in [-0.1, -0.05) is 42.5 Å². The minimum Gasteiger partial charge on any atom is -0.352 e. The summed E-state index contributed by atoms with van der Waals surface area (Å²) in [4.78, 5) is 26.9. The summed E-state index contributed by atoms with van der Waals surface area (Å²) >= 11 is 0. The predicted molar refractivity (Wildman–Crippen MR) is 116 cm³/mol. The Balaban J connectivity index is 1.32. The van der Waals surface area contributed by atoms with Gasteiger partial charge in [-0.3, -0.25) is 9.59 Å². The van der Waals surface area contributed by atoms with E-state index in [0.717, 1.165) is 35.7 Å². The maximum absolute atomic E-state index is 12.8. The zero-order chi connectivity index (χ0) is 22.7. The van der Waals surface area contributed by atoms with Crippen molar-refractivity contribution in [3.8, 4) is 0 Å². The lowest BCUT2D eigenvalue weighted by Gasteiger charge is -2.23. The normalized spacial score (nSPS) is 13.7. The van der Waals surface area contributed by atoms with Gasteiger partial charge in [0, 0.05) is 31.1 Å². The Morgan fingerprint density at radius 1 is 0.938 bits per heavy atom. The van der Waals surface area contributed by atoms with Gasteiger partial charge in [0.2, 0.25) is 5.91 Å². The summed E-state index contributed by atoms with van der Waals surface area (Å²) in [7, 11) is 0. The van der Waals surface area contributed by atoms with E-state index >= 15 is 0 Å². The molecule has 1 N–H and O–H groups in total. The maximum Gasteiger partial charge on any atom is 0.416 e. The monoisotopic (exact) mass is 440 g/mol. The highest BCUT2D eigenvalue weighted by Crippen LogP contribution is 2.31. The molecule has 4 nitrogen and oxygen atoms in total. The number of hydrogen-bond acceptors (Lipinski definition) is 2. The third-order valence-corrected chi connectivity index (χ3v) is 5.58. The Labute approximate surface area is 184 Å². The van der Waals surface area contributed by atoms with Crippen LogP contribution in [0.15, 0.2) is 66.7 Å². The standard InChI is InChI=1S/C25H23F3N2O2/c26-25(27,28)21-9-5-17(6-10-21)16-30(22-11-12-22)23(31)13-14-29-24(32)20-8-7-18-3-1-2-4-19(18)15-20/h1-10,15,22H,11-14,16H2,(H,29,32). The maximum atomic E-state index is 12.8. The van der Waals surface area contributed by atoms with Gasteiger partial charge in [-0.05, 0) is 53.4 Å². The number of fused-ring (bicyclic) bond motifs is 1. The van der Waals surface area contributed by atoms with Crippen molar-refractivity contribution in [1.29, 1.82) is 0 Å². The highest BCUT2D eigenvalue weighted by atomic mass is 19.4. The van der Waals surface area contributed by atoms with Gasteiger partial charge in [0.15, 0.2) is 0 Å². The van der Waals surface area contributed by atoms with E-state index < -0.39 is 11.7 Å². The van der Waals surface area contributed by atoms with Crippen LogP contribution in [0.5, 0.6) is 0 Å². The molecule has 2 amide bonds. The summed E-state index contributed by atoms with van der Waals surface area (Å²) in [5.41, 5.74) is 0.473. The molecule has 4 rings (SSSR count). The first-order chi connectivity index (χ1) is 15.3. The van der Waals surface area contributed by atoms with Crippen molar-refractivity contribution in [3.63, 3.8) is 0 Å². The number of alkyl halides is 3. The van der Waals surface area contributed by atoms with Gasteiger partial charge in [0.1, 0.15) is 0 Å². The van der Waals surface area contributed by atoms with Crippen LogP contribution in [0, 0.1) is 0 Å². The minimum atomic E-state index is -4.38. The summed E-state index contributed by atoms with van der Waals surface area (Å²) in [6.07, 6.45) is -2.48. The molecular weight excluding hydrogens is 417 g/mol. The minimum absolute atomic E-state index is 0.112. The number of nitrogens with one attached hydrogen (secondary N) is 1. The van der Waals surface area contributed by atoms with Gasteiger partial charge in [0.05, 0.1) is 5.56 Å². The molecule has 1 aliphatic carbocycles. The van der Waals surface area contributed by atoms with Crippen LogP contribution in [0.25, 0.3) is 10.8 Å². The topological polar surface area (TPSA) is 49.4 Å². The fourth-order valence-corrected chi connectivity index (χ4v) is 3.66. The molecule has 7 heteroatoms. The van der Waals surface area contributed by atoms with Crippen molar-refractivity contribution in [2.45, 2.75) is 38.0 Å². The number of amides is 2. The van der Waals surface area contributed by atoms with E-state index in [4.69, 9.17) is 0 Å². The van der Waals surface area contributed by atoms with Crippen molar-refractivity contribution < 1.29 is 22.8 Å². The van der Waals surface area contributed by atoms with Gasteiger partial charge in [-0.15, -0.1) is 0 Å². The number of nitrogens with zero attached hydrogens (tertiary/aromatic N) is 1. The Morgan fingerprint density at radius 2 is 1.62 bits per heavy atom. The second-order valence-corrected chi connectivity index (χ2v) is 8.02. The number of rotatable bonds is 7. The summed E-state index contributed by atoms with van der Waals surface area (Å²) in [6.45, 7) is 0.459. The van der Waals surface area contributed by atoms with E-state index in [-0.39, 0.29) is 37.4 Å². The Hall–Kier alpha value is -3.35. The fraction of sp³-hybridized carbons (Fsp3) is 0.280. The smallest absolute Gasteiger partial charge is 0.352 e. The van der Waals surface area contributed by atoms with Crippen LogP contribution in [-0.2, 0) is 17.5 Å². The summed E-state index contributed by atoms with van der Waals surface area (Å²) in [5.74, 6) is -0.365. The van der Waals surface area contributed by atoms with E-state index in [1.54, 1.807) is 11.0 Å². The number of carbonyl (C=O) groups is 2. The molecule has 0 aliphatic heterocycles. The Kier molecular flexibility index (Phi) is 6.17. The van der Waals surface area contributed by atoms with Gasteiger partial charge in [-0.25, -0.2) is 0 Å². The molecule has 3 aromatic carbocycles. The second kappa shape index (κ2) is 9.02. The molecule has 0 saturated heterocycles. The lowest BCUT2D eigenvalue weighted by molar-refractivity contribution is -0.137. The average molecular weight is 440 g/mol. The number of benzene rings is 3. The molecule has 0 radical (unpaired) electrons. The van der Waals surface area contributed by atoms with Gasteiger partial charge in [-0.2, -0.15) is 13.2 Å². The van der Waals surface area contributed by atoms with Crippen molar-refractivity contribution in [2.24, 2.45) is 0 Å². The van der Waals surface area contributed by atoms with Crippen LogP contribution < -0.4 is 5.32 Å². The highest BCUT2D eigenvalue weighted by molar-refractivity contribution is 5.98. The quantitative estimate of drug-likeness (QED) is 0.551. The molecule has 166 valence electrons. The van der Waals surface area contributed by atoms with Crippen LogP contribution in [0.4, 0.5) is 13.2 Å². The molecule has 1 aliphatic rings. The molecule has 3 aromatic rings. The largest absolute Gasteiger partial charge is 0.416 e. The average Bonchev–Trinajstić information content (AvgIpc) is 3.62. The van der Waals surface area contributed by atoms with E-state index in [2.05, 4.69) is 5.32 Å². The zero-order valence-corrected chi connectivity index (χ0v) is 17.4. The molecule has 0 heterocycles. The van der Waals surface area contributed by atoms with E-state index in [1.165, 1.54) is 12.1 Å². The van der Waals surface area contributed by atoms with E-state index in [9.17, 15) is 22.8 Å². The lowest BCUT2D eigenvalue weighted by Crippen LogP contribution is -2.35. The first-order valence-corrected chi connectivity index (χ1v) is 10.5. The molecule has 1 saturated carbocycles. The van der Waals surface area contributed by atoms with Crippen LogP contribution in [0.2, 0.25) is 0 Å². The first kappa shape index (κ1) is 21.9. The van der Waals surface area contributed by atoms with Gasteiger partial charge in [0.25, 0.3) is 5.91 Å². The fourth-order valence-electron chi connectivity index (χ4n) is 3.66. The first-order valence-electron chi connectivity index (χ1n) is 10.5. The van der Waals surface area contributed by atoms with E-state index in [1.807, 2.05) is 36.4 Å². The zero-order valence-electron chi connectivity index (χ0n) is 17.4. The van der Waals surface area contributed by atoms with Crippen LogP contribution in [0.1, 0.15) is 40.7 Å². The Morgan fingerprint density at radius 3 is 2.28 bits per heavy atom.